The predicted octanol–water partition coefficient (Wildman–Crippen LogP) is 0.981. The number of hydrogen-bond acceptors (Lipinski definition) is 5. The fourth-order valence-electron chi connectivity index (χ4n) is 1.63. The lowest BCUT2D eigenvalue weighted by atomic mass is 10.1. The Morgan fingerprint density at radius 3 is 2.48 bits per heavy atom. The maximum absolute atomic E-state index is 12.0. The summed E-state index contributed by atoms with van der Waals surface area (Å²) >= 11 is 5.69. The zero-order chi connectivity index (χ0) is 15.6. The lowest BCUT2D eigenvalue weighted by Gasteiger charge is -2.04. The third-order valence-electron chi connectivity index (χ3n) is 2.67. The first-order valence-electron chi connectivity index (χ1n) is 5.65. The number of benzene rings is 1. The molecule has 1 aromatic carbocycles. The Hall–Kier alpha value is -2.74. The van der Waals surface area contributed by atoms with Gasteiger partial charge in [0.2, 0.25) is 0 Å². The summed E-state index contributed by atoms with van der Waals surface area (Å²) in [5.74, 6) is -0.449. The molecule has 1 N–H and O–H groups in total. The van der Waals surface area contributed by atoms with Crippen LogP contribution in [0.3, 0.4) is 0 Å². The third-order valence-corrected chi connectivity index (χ3v) is 2.92. The van der Waals surface area contributed by atoms with Crippen LogP contribution >= 0.6 is 11.6 Å². The molecule has 0 bridgehead atoms. The fraction of sp³-hybridized carbons (Fsp3) is 0.0833. The second-order valence-electron chi connectivity index (χ2n) is 4.09. The Bertz CT molecular complexity index is 822. The first-order valence-corrected chi connectivity index (χ1v) is 6.03. The Balaban J connectivity index is 2.35. The number of aromatic nitrogens is 2. The Morgan fingerprint density at radius 1 is 1.29 bits per heavy atom. The van der Waals surface area contributed by atoms with E-state index in [2.05, 4.69) is 0 Å². The fourth-order valence-corrected chi connectivity index (χ4v) is 1.75. The molecular formula is C12H8ClN3O5. The highest BCUT2D eigenvalue weighted by atomic mass is 35.5. The molecule has 8 nitrogen and oxygen atoms in total. The molecule has 0 radical (unpaired) electrons. The zero-order valence-electron chi connectivity index (χ0n) is 10.4. The summed E-state index contributed by atoms with van der Waals surface area (Å²) in [6, 6.07) is 5.95. The highest BCUT2D eigenvalue weighted by Gasteiger charge is 2.16. The molecule has 0 aliphatic rings. The standard InChI is InChI=1S/C12H8ClN3O5/c13-8-3-1-7(2-4-8)10(17)6-15-5-9(16(20)21)11(18)14-12(15)19/h1-5H,6H2,(H,14,18,19). The average molecular weight is 310 g/mol. The van der Waals surface area contributed by atoms with E-state index in [0.29, 0.717) is 10.6 Å². The van der Waals surface area contributed by atoms with E-state index in [1.54, 1.807) is 4.98 Å². The van der Waals surface area contributed by atoms with Crippen LogP contribution in [0, 0.1) is 10.1 Å². The first-order chi connectivity index (χ1) is 9.88. The van der Waals surface area contributed by atoms with Crippen LogP contribution in [0.5, 0.6) is 0 Å². The lowest BCUT2D eigenvalue weighted by molar-refractivity contribution is -0.386. The van der Waals surface area contributed by atoms with Crippen LogP contribution in [0.2, 0.25) is 5.02 Å². The van der Waals surface area contributed by atoms with E-state index in [1.807, 2.05) is 0 Å². The molecule has 1 heterocycles. The van der Waals surface area contributed by atoms with Gasteiger partial charge in [0.05, 0.1) is 17.7 Å². The number of carbonyl (C=O) groups is 1. The van der Waals surface area contributed by atoms with Crippen LogP contribution in [0.15, 0.2) is 40.1 Å². The van der Waals surface area contributed by atoms with Gasteiger partial charge >= 0.3 is 16.9 Å². The molecule has 0 fully saturated rings. The van der Waals surface area contributed by atoms with Gasteiger partial charge in [0.1, 0.15) is 0 Å². The maximum Gasteiger partial charge on any atom is 0.350 e. The van der Waals surface area contributed by atoms with Crippen LogP contribution in [0.1, 0.15) is 10.4 Å². The van der Waals surface area contributed by atoms with Crippen molar-refractivity contribution in [3.8, 4) is 0 Å². The van der Waals surface area contributed by atoms with Crippen molar-refractivity contribution in [2.24, 2.45) is 0 Å². The number of ketones is 1. The molecular weight excluding hydrogens is 302 g/mol. The summed E-state index contributed by atoms with van der Waals surface area (Å²) in [4.78, 5) is 46.3. The van der Waals surface area contributed by atoms with Gasteiger partial charge in [-0.15, -0.1) is 0 Å². The number of rotatable bonds is 4. The lowest BCUT2D eigenvalue weighted by Crippen LogP contribution is -2.32. The molecule has 108 valence electrons. The van der Waals surface area contributed by atoms with Gasteiger partial charge in [0.25, 0.3) is 0 Å². The van der Waals surface area contributed by atoms with Crippen molar-refractivity contribution in [3.63, 3.8) is 0 Å². The summed E-state index contributed by atoms with van der Waals surface area (Å²) in [5.41, 5.74) is -2.52. The second-order valence-corrected chi connectivity index (χ2v) is 4.53. The summed E-state index contributed by atoms with van der Waals surface area (Å²) in [6.45, 7) is -0.432. The number of hydrogen-bond donors (Lipinski definition) is 1. The predicted molar refractivity (Wildman–Crippen MR) is 73.8 cm³/mol. The maximum atomic E-state index is 12.0. The quantitative estimate of drug-likeness (QED) is 0.513. The highest BCUT2D eigenvalue weighted by molar-refractivity contribution is 6.30. The number of aromatic amines is 1. The van der Waals surface area contributed by atoms with Gasteiger partial charge in [0.15, 0.2) is 5.78 Å². The molecule has 2 aromatic rings. The van der Waals surface area contributed by atoms with Crippen molar-refractivity contribution >= 4 is 23.1 Å². The van der Waals surface area contributed by atoms with Crippen LogP contribution in [0.25, 0.3) is 0 Å². The smallest absolute Gasteiger partial charge is 0.292 e. The molecule has 1 aromatic heterocycles. The van der Waals surface area contributed by atoms with Crippen LogP contribution in [-0.4, -0.2) is 20.3 Å². The topological polar surface area (TPSA) is 115 Å². The van der Waals surface area contributed by atoms with Gasteiger partial charge in [-0.3, -0.25) is 29.3 Å². The van der Waals surface area contributed by atoms with E-state index in [4.69, 9.17) is 11.6 Å². The van der Waals surface area contributed by atoms with E-state index in [-0.39, 0.29) is 0 Å². The molecule has 0 unspecified atom stereocenters. The van der Waals surface area contributed by atoms with Gasteiger partial charge < -0.3 is 0 Å². The Morgan fingerprint density at radius 2 is 1.90 bits per heavy atom. The monoisotopic (exact) mass is 309 g/mol. The van der Waals surface area contributed by atoms with E-state index < -0.39 is 34.2 Å². The van der Waals surface area contributed by atoms with Gasteiger partial charge in [-0.1, -0.05) is 11.6 Å². The molecule has 0 saturated carbocycles. The molecule has 9 heteroatoms. The summed E-state index contributed by atoms with van der Waals surface area (Å²) in [7, 11) is 0. The first kappa shape index (κ1) is 14.7. The van der Waals surface area contributed by atoms with E-state index in [0.717, 1.165) is 10.8 Å². The van der Waals surface area contributed by atoms with E-state index >= 15 is 0 Å². The molecule has 0 atom stereocenters. The molecule has 0 amide bonds. The van der Waals surface area contributed by atoms with E-state index in [1.165, 1.54) is 24.3 Å². The number of H-pyrrole nitrogens is 1. The van der Waals surface area contributed by atoms with E-state index in [9.17, 15) is 24.5 Å². The Labute approximate surface area is 121 Å². The molecule has 0 aliphatic heterocycles. The minimum absolute atomic E-state index is 0.292. The average Bonchev–Trinajstić information content (AvgIpc) is 2.42. The Kier molecular flexibility index (Phi) is 3.99. The summed E-state index contributed by atoms with van der Waals surface area (Å²) < 4.78 is 0.774. The number of nitrogens with zero attached hydrogens (tertiary/aromatic N) is 2. The van der Waals surface area contributed by atoms with Crippen molar-refractivity contribution < 1.29 is 9.72 Å². The summed E-state index contributed by atoms with van der Waals surface area (Å²) in [6.07, 6.45) is 0.745. The number of carbonyl (C=O) groups excluding carboxylic acids is 1. The molecule has 2 rings (SSSR count). The van der Waals surface area contributed by atoms with Gasteiger partial charge in [-0.25, -0.2) is 4.79 Å². The van der Waals surface area contributed by atoms with Gasteiger partial charge in [0, 0.05) is 10.6 Å². The van der Waals surface area contributed by atoms with Gasteiger partial charge in [-0.2, -0.15) is 0 Å². The van der Waals surface area contributed by atoms with Crippen LogP contribution < -0.4 is 11.2 Å². The number of nitrogens with one attached hydrogen (secondary N) is 1. The largest absolute Gasteiger partial charge is 0.350 e. The third kappa shape index (κ3) is 3.23. The normalized spacial score (nSPS) is 10.3. The second kappa shape index (κ2) is 5.71. The highest BCUT2D eigenvalue weighted by Crippen LogP contribution is 2.10. The number of nitro groups is 1. The van der Waals surface area contributed by atoms with Crippen molar-refractivity contribution in [1.29, 1.82) is 0 Å². The minimum Gasteiger partial charge on any atom is -0.292 e. The van der Waals surface area contributed by atoms with Crippen molar-refractivity contribution in [2.75, 3.05) is 0 Å². The zero-order valence-corrected chi connectivity index (χ0v) is 11.2. The van der Waals surface area contributed by atoms with Gasteiger partial charge in [-0.05, 0) is 24.3 Å². The molecule has 21 heavy (non-hydrogen) atoms. The van der Waals surface area contributed by atoms with Crippen molar-refractivity contribution in [3.05, 3.63) is 72.0 Å². The van der Waals surface area contributed by atoms with Crippen LogP contribution in [-0.2, 0) is 6.54 Å². The molecule has 0 saturated heterocycles. The number of Topliss-reactive ketones (excluding diaryl/α,β-unsaturated/α-hetero) is 1. The van der Waals surface area contributed by atoms with Crippen molar-refractivity contribution in [2.45, 2.75) is 6.54 Å². The minimum atomic E-state index is -1.11. The number of halogens is 1. The molecule has 0 spiro atoms. The van der Waals surface area contributed by atoms with Crippen LogP contribution in [0.4, 0.5) is 5.69 Å². The van der Waals surface area contributed by atoms with Crippen molar-refractivity contribution in [1.82, 2.24) is 9.55 Å². The molecule has 0 aliphatic carbocycles. The SMILES string of the molecule is O=C(Cn1cc([N+](=O)[O-])c(=O)[nH]c1=O)c1ccc(Cl)cc1. The summed E-state index contributed by atoms with van der Waals surface area (Å²) in [5, 5.41) is 11.1.